The van der Waals surface area contributed by atoms with E-state index in [4.69, 9.17) is 14.5 Å². The molecule has 1 aromatic carbocycles. The van der Waals surface area contributed by atoms with Crippen LogP contribution >= 0.6 is 0 Å². The van der Waals surface area contributed by atoms with Gasteiger partial charge in [0.05, 0.1) is 19.8 Å². The Morgan fingerprint density at radius 3 is 2.84 bits per heavy atom. The maximum absolute atomic E-state index is 6.30. The molecular weight excluding hydrogens is 404 g/mol. The lowest BCUT2D eigenvalue weighted by Crippen LogP contribution is -2.38. The maximum atomic E-state index is 6.30. The molecule has 8 heteroatoms. The highest BCUT2D eigenvalue weighted by Crippen LogP contribution is 2.30. The summed E-state index contributed by atoms with van der Waals surface area (Å²) in [5, 5.41) is 15.2. The molecule has 0 unspecified atom stereocenters. The minimum absolute atomic E-state index is 0.286. The Morgan fingerprint density at radius 1 is 1.16 bits per heavy atom. The minimum atomic E-state index is 0.286. The van der Waals surface area contributed by atoms with Crippen LogP contribution in [0.4, 0.5) is 0 Å². The monoisotopic (exact) mass is 436 g/mol. The molecule has 0 bridgehead atoms. The van der Waals surface area contributed by atoms with E-state index in [1.165, 1.54) is 12.8 Å². The van der Waals surface area contributed by atoms with Crippen molar-refractivity contribution in [3.8, 4) is 11.5 Å². The Hall–Kier alpha value is -3.29. The smallest absolute Gasteiger partial charge is 0.191 e. The zero-order chi connectivity index (χ0) is 22.2. The summed E-state index contributed by atoms with van der Waals surface area (Å²) in [6.07, 6.45) is 7.71. The van der Waals surface area contributed by atoms with E-state index in [-0.39, 0.29) is 6.10 Å². The van der Waals surface area contributed by atoms with Crippen molar-refractivity contribution in [3.05, 3.63) is 54.0 Å². The van der Waals surface area contributed by atoms with Crippen molar-refractivity contribution < 1.29 is 9.47 Å². The SMILES string of the molecule is CCNC(=NCc1ccc(OC)cc1OC1CCCC1)NCCc1nnc2ccccn12. The van der Waals surface area contributed by atoms with Gasteiger partial charge in [0.25, 0.3) is 0 Å². The molecular formula is C24H32N6O2. The van der Waals surface area contributed by atoms with Gasteiger partial charge in [-0.1, -0.05) is 6.07 Å². The van der Waals surface area contributed by atoms with Crippen molar-refractivity contribution in [1.29, 1.82) is 0 Å². The zero-order valence-electron chi connectivity index (χ0n) is 18.9. The molecule has 0 aliphatic heterocycles. The number of ether oxygens (including phenoxy) is 2. The van der Waals surface area contributed by atoms with Crippen LogP contribution in [0.2, 0.25) is 0 Å². The maximum Gasteiger partial charge on any atom is 0.191 e. The van der Waals surface area contributed by atoms with Crippen molar-refractivity contribution in [2.75, 3.05) is 20.2 Å². The number of aliphatic imine (C=N–C) groups is 1. The molecule has 0 saturated heterocycles. The Balaban J connectivity index is 1.41. The fourth-order valence-electron chi connectivity index (χ4n) is 3.95. The first kappa shape index (κ1) is 21.9. The average molecular weight is 437 g/mol. The van der Waals surface area contributed by atoms with E-state index in [9.17, 15) is 0 Å². The van der Waals surface area contributed by atoms with E-state index in [0.29, 0.717) is 13.1 Å². The predicted octanol–water partition coefficient (Wildman–Crippen LogP) is 3.36. The largest absolute Gasteiger partial charge is 0.497 e. The third kappa shape index (κ3) is 5.49. The van der Waals surface area contributed by atoms with Crippen molar-refractivity contribution in [1.82, 2.24) is 25.2 Å². The predicted molar refractivity (Wildman–Crippen MR) is 125 cm³/mol. The molecule has 3 aromatic rings. The second kappa shape index (κ2) is 10.8. The van der Waals surface area contributed by atoms with E-state index < -0.39 is 0 Å². The van der Waals surface area contributed by atoms with E-state index in [1.54, 1.807) is 7.11 Å². The lowest BCUT2D eigenvalue weighted by molar-refractivity contribution is 0.207. The number of hydrogen-bond acceptors (Lipinski definition) is 5. The van der Waals surface area contributed by atoms with Crippen molar-refractivity contribution in [2.24, 2.45) is 4.99 Å². The fraction of sp³-hybridized carbons (Fsp3) is 0.458. The van der Waals surface area contributed by atoms with Crippen LogP contribution in [-0.4, -0.2) is 46.9 Å². The highest BCUT2D eigenvalue weighted by Gasteiger charge is 2.18. The van der Waals surface area contributed by atoms with Gasteiger partial charge in [0, 0.05) is 37.3 Å². The van der Waals surface area contributed by atoms with Gasteiger partial charge in [0.15, 0.2) is 11.6 Å². The zero-order valence-corrected chi connectivity index (χ0v) is 18.9. The topological polar surface area (TPSA) is 85.1 Å². The molecule has 0 radical (unpaired) electrons. The summed E-state index contributed by atoms with van der Waals surface area (Å²) in [7, 11) is 1.68. The van der Waals surface area contributed by atoms with E-state index in [2.05, 4.69) is 27.8 Å². The minimum Gasteiger partial charge on any atom is -0.497 e. The number of aromatic nitrogens is 3. The molecule has 0 atom stereocenters. The molecule has 2 N–H and O–H groups in total. The Labute approximate surface area is 189 Å². The summed E-state index contributed by atoms with van der Waals surface area (Å²) in [5.41, 5.74) is 1.91. The molecule has 1 aliphatic carbocycles. The first-order chi connectivity index (χ1) is 15.8. The van der Waals surface area contributed by atoms with Crippen LogP contribution in [0.1, 0.15) is 44.0 Å². The Bertz CT molecular complexity index is 1040. The van der Waals surface area contributed by atoms with Crippen LogP contribution in [-0.2, 0) is 13.0 Å². The highest BCUT2D eigenvalue weighted by molar-refractivity contribution is 5.79. The number of pyridine rings is 1. The van der Waals surface area contributed by atoms with Crippen molar-refractivity contribution in [2.45, 2.75) is 51.7 Å². The van der Waals surface area contributed by atoms with E-state index in [0.717, 1.165) is 60.3 Å². The first-order valence-corrected chi connectivity index (χ1v) is 11.4. The Kier molecular flexibility index (Phi) is 7.42. The normalized spacial score (nSPS) is 14.6. The van der Waals surface area contributed by atoms with Crippen molar-refractivity contribution in [3.63, 3.8) is 0 Å². The first-order valence-electron chi connectivity index (χ1n) is 11.4. The van der Waals surface area contributed by atoms with E-state index in [1.807, 2.05) is 47.0 Å². The third-order valence-corrected chi connectivity index (χ3v) is 5.65. The van der Waals surface area contributed by atoms with Crippen LogP contribution in [0.5, 0.6) is 11.5 Å². The van der Waals surface area contributed by atoms with Gasteiger partial charge in [-0.3, -0.25) is 4.40 Å². The summed E-state index contributed by atoms with van der Waals surface area (Å²) in [6, 6.07) is 11.9. The lowest BCUT2D eigenvalue weighted by atomic mass is 10.2. The third-order valence-electron chi connectivity index (χ3n) is 5.65. The van der Waals surface area contributed by atoms with E-state index >= 15 is 0 Å². The van der Waals surface area contributed by atoms with Gasteiger partial charge in [-0.2, -0.15) is 0 Å². The quantitative estimate of drug-likeness (QED) is 0.395. The molecule has 1 aliphatic rings. The van der Waals surface area contributed by atoms with Gasteiger partial charge in [-0.25, -0.2) is 4.99 Å². The molecule has 0 amide bonds. The number of nitrogens with zero attached hydrogens (tertiary/aromatic N) is 4. The molecule has 2 aromatic heterocycles. The van der Waals surface area contributed by atoms with Crippen LogP contribution in [0.25, 0.3) is 5.65 Å². The molecule has 4 rings (SSSR count). The number of methoxy groups -OCH3 is 1. The molecule has 0 spiro atoms. The molecule has 1 fully saturated rings. The molecule has 1 saturated carbocycles. The summed E-state index contributed by atoms with van der Waals surface area (Å²) in [5.74, 6) is 3.36. The van der Waals surface area contributed by atoms with Crippen LogP contribution in [0, 0.1) is 0 Å². The van der Waals surface area contributed by atoms with Crippen LogP contribution < -0.4 is 20.1 Å². The molecule has 2 heterocycles. The summed E-state index contributed by atoms with van der Waals surface area (Å²) >= 11 is 0. The second-order valence-electron chi connectivity index (χ2n) is 7.91. The summed E-state index contributed by atoms with van der Waals surface area (Å²) in [6.45, 7) is 4.07. The summed E-state index contributed by atoms with van der Waals surface area (Å²) < 4.78 is 13.7. The summed E-state index contributed by atoms with van der Waals surface area (Å²) in [4.78, 5) is 4.79. The number of rotatable bonds is 9. The van der Waals surface area contributed by atoms with Gasteiger partial charge in [0.1, 0.15) is 17.3 Å². The number of hydrogen-bond donors (Lipinski definition) is 2. The van der Waals surface area contributed by atoms with Crippen molar-refractivity contribution >= 4 is 11.6 Å². The van der Waals surface area contributed by atoms with Gasteiger partial charge < -0.3 is 20.1 Å². The second-order valence-corrected chi connectivity index (χ2v) is 7.91. The van der Waals surface area contributed by atoms with Gasteiger partial charge in [-0.15, -0.1) is 10.2 Å². The number of guanidine groups is 1. The molecule has 170 valence electrons. The number of benzene rings is 1. The van der Waals surface area contributed by atoms with Gasteiger partial charge in [-0.05, 0) is 56.9 Å². The number of fused-ring (bicyclic) bond motifs is 1. The fourth-order valence-corrected chi connectivity index (χ4v) is 3.95. The lowest BCUT2D eigenvalue weighted by Gasteiger charge is -2.17. The van der Waals surface area contributed by atoms with Crippen LogP contribution in [0.15, 0.2) is 47.6 Å². The molecule has 32 heavy (non-hydrogen) atoms. The van der Waals surface area contributed by atoms with Crippen LogP contribution in [0.3, 0.4) is 0 Å². The average Bonchev–Trinajstić information content (AvgIpc) is 3.48. The Morgan fingerprint density at radius 2 is 2.03 bits per heavy atom. The number of nitrogens with one attached hydrogen (secondary N) is 2. The standard InChI is InChI=1S/C24H32N6O2/c1-3-25-24(26-14-13-23-29-28-22-10-6-7-15-30(22)23)27-17-18-11-12-20(31-2)16-21(18)32-19-8-4-5-9-19/h6-7,10-12,15-16,19H,3-5,8-9,13-14,17H2,1-2H3,(H2,25,26,27). The van der Waals surface area contributed by atoms with Gasteiger partial charge >= 0.3 is 0 Å². The highest BCUT2D eigenvalue weighted by atomic mass is 16.5. The van der Waals surface area contributed by atoms with Gasteiger partial charge in [0.2, 0.25) is 0 Å². The molecule has 8 nitrogen and oxygen atoms in total.